The van der Waals surface area contributed by atoms with Crippen molar-refractivity contribution in [3.8, 4) is 0 Å². The number of amides is 1. The molecule has 1 rings (SSSR count). The third-order valence-electron chi connectivity index (χ3n) is 2.48. The Labute approximate surface area is 124 Å². The molecule has 4 nitrogen and oxygen atoms in total. The molecule has 0 bridgehead atoms. The lowest BCUT2D eigenvalue weighted by Gasteiger charge is -2.20. The van der Waals surface area contributed by atoms with Crippen molar-refractivity contribution in [2.75, 3.05) is 23.1 Å². The van der Waals surface area contributed by atoms with Gasteiger partial charge in [-0.15, -0.1) is 0 Å². The lowest BCUT2D eigenvalue weighted by molar-refractivity contribution is -0.114. The van der Waals surface area contributed by atoms with Gasteiger partial charge >= 0.3 is 0 Å². The van der Waals surface area contributed by atoms with Crippen molar-refractivity contribution in [3.63, 3.8) is 0 Å². The highest BCUT2D eigenvalue weighted by molar-refractivity contribution is 8.23. The molecule has 1 amide bonds. The van der Waals surface area contributed by atoms with Crippen molar-refractivity contribution in [2.45, 2.75) is 20.8 Å². The number of carbonyl (C=O) groups is 1. The standard InChI is InChI=1S/C13H19N3OS2/c1-4-16(5-2)13(18)19-15-12-8-6-11(7-9-12)14-10(3)17/h6-9,15H,4-5H2,1-3H3,(H,14,17). The summed E-state index contributed by atoms with van der Waals surface area (Å²) in [6.07, 6.45) is 0. The highest BCUT2D eigenvalue weighted by Crippen LogP contribution is 2.18. The number of carbonyl (C=O) groups excluding carboxylic acids is 1. The van der Waals surface area contributed by atoms with E-state index in [4.69, 9.17) is 12.2 Å². The van der Waals surface area contributed by atoms with Crippen molar-refractivity contribution in [2.24, 2.45) is 0 Å². The number of nitrogens with one attached hydrogen (secondary N) is 2. The fourth-order valence-electron chi connectivity index (χ4n) is 1.47. The SMILES string of the molecule is CCN(CC)C(=S)SNc1ccc(NC(C)=O)cc1. The number of thiocarbonyl (C=S) groups is 1. The normalized spacial score (nSPS) is 9.84. The molecule has 0 aromatic heterocycles. The van der Waals surface area contributed by atoms with Crippen LogP contribution in [-0.4, -0.2) is 28.2 Å². The first-order valence-electron chi connectivity index (χ1n) is 6.16. The molecular formula is C13H19N3OS2. The fraction of sp³-hybridized carbons (Fsp3) is 0.385. The summed E-state index contributed by atoms with van der Waals surface area (Å²) < 4.78 is 4.02. The molecular weight excluding hydrogens is 278 g/mol. The van der Waals surface area contributed by atoms with Crippen molar-refractivity contribution in [1.29, 1.82) is 0 Å². The molecule has 6 heteroatoms. The van der Waals surface area contributed by atoms with Crippen LogP contribution in [0, 0.1) is 0 Å². The maximum atomic E-state index is 10.9. The molecule has 2 N–H and O–H groups in total. The van der Waals surface area contributed by atoms with Gasteiger partial charge in [-0.2, -0.15) is 0 Å². The second kappa shape index (κ2) is 8.01. The van der Waals surface area contributed by atoms with Crippen LogP contribution in [0.4, 0.5) is 11.4 Å². The zero-order chi connectivity index (χ0) is 14.3. The Balaban J connectivity index is 2.50. The van der Waals surface area contributed by atoms with E-state index in [2.05, 4.69) is 28.8 Å². The van der Waals surface area contributed by atoms with Crippen LogP contribution in [0.1, 0.15) is 20.8 Å². The summed E-state index contributed by atoms with van der Waals surface area (Å²) >= 11 is 6.75. The minimum atomic E-state index is -0.0715. The number of rotatable bonds is 5. The monoisotopic (exact) mass is 297 g/mol. The Morgan fingerprint density at radius 3 is 2.21 bits per heavy atom. The van der Waals surface area contributed by atoms with E-state index < -0.39 is 0 Å². The molecule has 0 radical (unpaired) electrons. The molecule has 0 fully saturated rings. The van der Waals surface area contributed by atoms with E-state index in [1.54, 1.807) is 0 Å². The predicted octanol–water partition coefficient (Wildman–Crippen LogP) is 3.33. The molecule has 0 aliphatic carbocycles. The minimum absolute atomic E-state index is 0.0715. The summed E-state index contributed by atoms with van der Waals surface area (Å²) in [5.41, 5.74) is 1.74. The first-order chi connectivity index (χ1) is 9.06. The Hall–Kier alpha value is -1.27. The lowest BCUT2D eigenvalue weighted by atomic mass is 10.3. The maximum Gasteiger partial charge on any atom is 0.221 e. The number of anilines is 2. The van der Waals surface area contributed by atoms with Gasteiger partial charge in [-0.1, -0.05) is 12.2 Å². The van der Waals surface area contributed by atoms with Crippen LogP contribution in [0.3, 0.4) is 0 Å². The zero-order valence-electron chi connectivity index (χ0n) is 11.4. The van der Waals surface area contributed by atoms with Gasteiger partial charge in [0.1, 0.15) is 0 Å². The van der Waals surface area contributed by atoms with E-state index in [0.29, 0.717) is 0 Å². The minimum Gasteiger partial charge on any atom is -0.357 e. The third-order valence-corrected chi connectivity index (χ3v) is 3.76. The highest BCUT2D eigenvalue weighted by atomic mass is 32.2. The van der Waals surface area contributed by atoms with Gasteiger partial charge in [0.05, 0.1) is 0 Å². The van der Waals surface area contributed by atoms with E-state index >= 15 is 0 Å². The molecule has 0 heterocycles. The molecule has 0 aliphatic heterocycles. The van der Waals surface area contributed by atoms with Gasteiger partial charge in [0, 0.05) is 43.3 Å². The number of hydrogen-bond donors (Lipinski definition) is 2. The van der Waals surface area contributed by atoms with Gasteiger partial charge in [0.25, 0.3) is 0 Å². The number of hydrogen-bond acceptors (Lipinski definition) is 4. The quantitative estimate of drug-likeness (QED) is 0.645. The summed E-state index contributed by atoms with van der Waals surface area (Å²) in [4.78, 5) is 13.0. The van der Waals surface area contributed by atoms with E-state index in [1.165, 1.54) is 18.9 Å². The second-order valence-corrected chi connectivity index (χ2v) is 5.34. The topological polar surface area (TPSA) is 44.4 Å². The average molecular weight is 297 g/mol. The Morgan fingerprint density at radius 2 is 1.74 bits per heavy atom. The van der Waals surface area contributed by atoms with Crippen LogP contribution in [0.2, 0.25) is 0 Å². The van der Waals surface area contributed by atoms with E-state index in [0.717, 1.165) is 28.8 Å². The van der Waals surface area contributed by atoms with Crippen molar-refractivity contribution in [3.05, 3.63) is 24.3 Å². The van der Waals surface area contributed by atoms with E-state index in [1.807, 2.05) is 24.3 Å². The van der Waals surface area contributed by atoms with Crippen molar-refractivity contribution in [1.82, 2.24) is 4.90 Å². The first kappa shape index (κ1) is 15.8. The lowest BCUT2D eigenvalue weighted by Crippen LogP contribution is -2.27. The van der Waals surface area contributed by atoms with Gasteiger partial charge in [-0.25, -0.2) is 0 Å². The van der Waals surface area contributed by atoms with Crippen LogP contribution in [0.15, 0.2) is 24.3 Å². The first-order valence-corrected chi connectivity index (χ1v) is 7.38. The van der Waals surface area contributed by atoms with E-state index in [9.17, 15) is 4.79 Å². The van der Waals surface area contributed by atoms with Crippen LogP contribution in [-0.2, 0) is 4.79 Å². The molecule has 1 aromatic rings. The predicted molar refractivity (Wildman–Crippen MR) is 87.5 cm³/mol. The zero-order valence-corrected chi connectivity index (χ0v) is 13.0. The summed E-state index contributed by atoms with van der Waals surface area (Å²) in [7, 11) is 0. The molecule has 0 saturated heterocycles. The molecule has 104 valence electrons. The smallest absolute Gasteiger partial charge is 0.221 e. The molecule has 0 atom stereocenters. The molecule has 0 saturated carbocycles. The molecule has 1 aromatic carbocycles. The van der Waals surface area contributed by atoms with Gasteiger partial charge < -0.3 is 14.9 Å². The Bertz CT molecular complexity index is 430. The summed E-state index contributed by atoms with van der Waals surface area (Å²) in [6.45, 7) is 7.47. The van der Waals surface area contributed by atoms with Crippen LogP contribution >= 0.6 is 24.2 Å². The van der Waals surface area contributed by atoms with Crippen LogP contribution in [0.5, 0.6) is 0 Å². The van der Waals surface area contributed by atoms with Gasteiger partial charge in [-0.3, -0.25) is 4.79 Å². The summed E-state index contributed by atoms with van der Waals surface area (Å²) in [6, 6.07) is 7.52. The number of benzene rings is 1. The summed E-state index contributed by atoms with van der Waals surface area (Å²) in [5, 5.41) is 2.73. The van der Waals surface area contributed by atoms with Crippen molar-refractivity contribution >= 4 is 45.8 Å². The molecule has 0 aliphatic rings. The van der Waals surface area contributed by atoms with Crippen LogP contribution in [0.25, 0.3) is 0 Å². The average Bonchev–Trinajstić information content (AvgIpc) is 2.38. The fourth-order valence-corrected chi connectivity index (χ4v) is 2.59. The number of nitrogens with zero attached hydrogens (tertiary/aromatic N) is 1. The van der Waals surface area contributed by atoms with Gasteiger partial charge in [-0.05, 0) is 38.1 Å². The molecule has 19 heavy (non-hydrogen) atoms. The second-order valence-electron chi connectivity index (χ2n) is 3.90. The highest BCUT2D eigenvalue weighted by Gasteiger charge is 2.05. The largest absolute Gasteiger partial charge is 0.357 e. The van der Waals surface area contributed by atoms with Crippen LogP contribution < -0.4 is 10.0 Å². The summed E-state index contributed by atoms with van der Waals surface area (Å²) in [5.74, 6) is -0.0715. The van der Waals surface area contributed by atoms with Gasteiger partial charge in [0.15, 0.2) is 4.32 Å². The Morgan fingerprint density at radius 1 is 1.21 bits per heavy atom. The van der Waals surface area contributed by atoms with Crippen molar-refractivity contribution < 1.29 is 4.79 Å². The van der Waals surface area contributed by atoms with Gasteiger partial charge in [0.2, 0.25) is 5.91 Å². The van der Waals surface area contributed by atoms with E-state index in [-0.39, 0.29) is 5.91 Å². The molecule has 0 unspecified atom stereocenters. The Kier molecular flexibility index (Phi) is 6.66. The molecule has 0 spiro atoms. The third kappa shape index (κ3) is 5.48. The maximum absolute atomic E-state index is 10.9.